The fraction of sp³-hybridized carbons (Fsp3) is 0.0200. The van der Waals surface area contributed by atoms with E-state index in [4.69, 9.17) is 24.1 Å². The number of nitrogens with zero attached hydrogens (tertiary/aromatic N) is 4. The van der Waals surface area contributed by atoms with Crippen molar-refractivity contribution in [3.8, 4) is 51.0 Å². The molecule has 262 valence electrons. The summed E-state index contributed by atoms with van der Waals surface area (Å²) in [6.45, 7) is 0. The largest absolute Gasteiger partial charge is 0.459 e. The first-order valence-electron chi connectivity index (χ1n) is 18.8. The van der Waals surface area contributed by atoms with E-state index in [9.17, 15) is 0 Å². The van der Waals surface area contributed by atoms with Crippen molar-refractivity contribution in [3.63, 3.8) is 0 Å². The van der Waals surface area contributed by atoms with E-state index in [-0.39, 0.29) is 0 Å². The van der Waals surface area contributed by atoms with Crippen molar-refractivity contribution < 1.29 is 9.15 Å². The van der Waals surface area contributed by atoms with Crippen LogP contribution in [0.4, 0.5) is 11.4 Å². The fourth-order valence-corrected chi connectivity index (χ4v) is 8.93. The highest BCUT2D eigenvalue weighted by Crippen LogP contribution is 2.66. The number of para-hydroxylation sites is 4. The lowest BCUT2D eigenvalue weighted by molar-refractivity contribution is 0.346. The topological polar surface area (TPSA) is 64.3 Å². The van der Waals surface area contributed by atoms with Crippen LogP contribution in [0.2, 0.25) is 0 Å². The smallest absolute Gasteiger partial charge is 0.164 e. The van der Waals surface area contributed by atoms with Gasteiger partial charge in [-0.1, -0.05) is 146 Å². The van der Waals surface area contributed by atoms with Gasteiger partial charge < -0.3 is 14.1 Å². The van der Waals surface area contributed by atoms with Crippen LogP contribution in [0, 0.1) is 0 Å². The van der Waals surface area contributed by atoms with Crippen LogP contribution in [0.3, 0.4) is 0 Å². The van der Waals surface area contributed by atoms with Gasteiger partial charge in [0.1, 0.15) is 16.8 Å². The minimum Gasteiger partial charge on any atom is -0.459 e. The maximum Gasteiger partial charge on any atom is 0.164 e. The average molecular weight is 719 g/mol. The molecule has 2 aromatic heterocycles. The van der Waals surface area contributed by atoms with Gasteiger partial charge in [-0.25, -0.2) is 15.0 Å². The van der Waals surface area contributed by atoms with Gasteiger partial charge in [-0.2, -0.15) is 0 Å². The van der Waals surface area contributed by atoms with E-state index in [1.165, 1.54) is 0 Å². The number of hydrogen-bond acceptors (Lipinski definition) is 6. The molecule has 0 amide bonds. The number of fused-ring (bicyclic) bond motifs is 12. The quantitative estimate of drug-likeness (QED) is 0.180. The molecule has 6 nitrogen and oxygen atoms in total. The van der Waals surface area contributed by atoms with E-state index in [1.54, 1.807) is 0 Å². The number of anilines is 2. The summed E-state index contributed by atoms with van der Waals surface area (Å²) in [5.41, 5.74) is 11.1. The maximum atomic E-state index is 7.24. The van der Waals surface area contributed by atoms with Gasteiger partial charge in [-0.15, -0.1) is 0 Å². The molecular weight excluding hydrogens is 689 g/mol. The molecule has 0 saturated carbocycles. The standard InChI is InChI=1S/C50H30N4O2/c1-4-16-31(17-5-1)47-51-48(32-18-6-2-7-19-32)53-49(52-47)33-28-29-39-37(30-33)35-22-10-12-24-38(35)50(39)45-43(36-23-11-14-26-41(36)55-45)44-46(50)56-42-27-15-13-25-40(42)54(44)34-20-8-3-9-21-34/h1-30H. The Hall–Kier alpha value is -7.57. The molecule has 0 saturated heterocycles. The molecule has 3 heterocycles. The van der Waals surface area contributed by atoms with Crippen LogP contribution in [-0.2, 0) is 5.41 Å². The van der Waals surface area contributed by atoms with E-state index in [0.717, 1.165) is 89.8 Å². The van der Waals surface area contributed by atoms with Gasteiger partial charge in [0, 0.05) is 27.8 Å². The zero-order valence-electron chi connectivity index (χ0n) is 29.9. The predicted octanol–water partition coefficient (Wildman–Crippen LogP) is 11.8. The van der Waals surface area contributed by atoms with Gasteiger partial charge >= 0.3 is 0 Å². The molecule has 12 rings (SSSR count). The summed E-state index contributed by atoms with van der Waals surface area (Å²) >= 11 is 0. The van der Waals surface area contributed by atoms with Crippen LogP contribution in [0.15, 0.2) is 192 Å². The highest BCUT2D eigenvalue weighted by atomic mass is 16.5. The molecule has 56 heavy (non-hydrogen) atoms. The summed E-state index contributed by atoms with van der Waals surface area (Å²) in [6, 6.07) is 62.6. The van der Waals surface area contributed by atoms with E-state index in [1.807, 2.05) is 72.8 Å². The molecule has 1 unspecified atom stereocenters. The van der Waals surface area contributed by atoms with Gasteiger partial charge in [-0.3, -0.25) is 0 Å². The molecule has 0 fully saturated rings. The van der Waals surface area contributed by atoms with Crippen molar-refractivity contribution >= 4 is 28.0 Å². The number of rotatable bonds is 4. The third-order valence-corrected chi connectivity index (χ3v) is 11.3. The summed E-state index contributed by atoms with van der Waals surface area (Å²) < 4.78 is 14.3. The van der Waals surface area contributed by atoms with E-state index in [2.05, 4.69) is 114 Å². The second-order valence-corrected chi connectivity index (χ2v) is 14.3. The molecular formula is C50H30N4O2. The van der Waals surface area contributed by atoms with Crippen LogP contribution < -0.4 is 9.64 Å². The maximum absolute atomic E-state index is 7.24. The lowest BCUT2D eigenvalue weighted by Crippen LogP contribution is -2.32. The zero-order valence-corrected chi connectivity index (χ0v) is 29.9. The third kappa shape index (κ3) is 4.23. The first-order chi connectivity index (χ1) is 27.8. The molecule has 9 aromatic rings. The predicted molar refractivity (Wildman–Crippen MR) is 220 cm³/mol. The Morgan fingerprint density at radius 1 is 0.482 bits per heavy atom. The summed E-state index contributed by atoms with van der Waals surface area (Å²) in [5.74, 6) is 4.33. The monoisotopic (exact) mass is 718 g/mol. The van der Waals surface area contributed by atoms with E-state index < -0.39 is 5.41 Å². The summed E-state index contributed by atoms with van der Waals surface area (Å²) in [5, 5.41) is 1.05. The highest BCUT2D eigenvalue weighted by molar-refractivity contribution is 6.08. The van der Waals surface area contributed by atoms with Crippen molar-refractivity contribution in [1.29, 1.82) is 0 Å². The van der Waals surface area contributed by atoms with Crippen molar-refractivity contribution in [2.75, 3.05) is 4.90 Å². The SMILES string of the molecule is c1ccc(-c2nc(-c3ccccc3)nc(-c3ccc4c(c3)-c3ccccc3C43C4=C(c5c3oc3ccccc53)N(c3ccccc3)c3ccccc3O4)n2)cc1. The summed E-state index contributed by atoms with van der Waals surface area (Å²) in [6.07, 6.45) is 0. The van der Waals surface area contributed by atoms with Crippen LogP contribution in [0.5, 0.6) is 5.75 Å². The normalized spacial score (nSPS) is 16.0. The minimum absolute atomic E-state index is 0.604. The number of furan rings is 1. The third-order valence-electron chi connectivity index (χ3n) is 11.3. The van der Waals surface area contributed by atoms with Crippen LogP contribution in [-0.4, -0.2) is 15.0 Å². The Morgan fingerprint density at radius 3 is 1.82 bits per heavy atom. The Morgan fingerprint density at radius 2 is 1.07 bits per heavy atom. The number of hydrogen-bond donors (Lipinski definition) is 0. The number of allylic oxidation sites excluding steroid dienone is 1. The Labute approximate surface area is 322 Å². The molecule has 0 bridgehead atoms. The van der Waals surface area contributed by atoms with Crippen LogP contribution in [0.25, 0.3) is 62.0 Å². The zero-order chi connectivity index (χ0) is 36.8. The van der Waals surface area contributed by atoms with E-state index in [0.29, 0.717) is 17.5 Å². The first kappa shape index (κ1) is 30.8. The molecule has 0 N–H and O–H groups in total. The van der Waals surface area contributed by atoms with Crippen molar-refractivity contribution in [3.05, 3.63) is 210 Å². The van der Waals surface area contributed by atoms with Crippen molar-refractivity contribution in [2.24, 2.45) is 0 Å². The average Bonchev–Trinajstić information content (AvgIpc) is 3.89. The molecule has 2 aliphatic carbocycles. The number of benzene rings is 7. The Bertz CT molecular complexity index is 3010. The molecule has 6 heteroatoms. The van der Waals surface area contributed by atoms with Gasteiger partial charge in [0.25, 0.3) is 0 Å². The minimum atomic E-state index is -0.877. The summed E-state index contributed by atoms with van der Waals surface area (Å²) in [7, 11) is 0. The van der Waals surface area contributed by atoms with Gasteiger partial charge in [0.15, 0.2) is 29.0 Å². The van der Waals surface area contributed by atoms with Crippen LogP contribution >= 0.6 is 0 Å². The highest BCUT2D eigenvalue weighted by Gasteiger charge is 2.60. The first-order valence-corrected chi connectivity index (χ1v) is 18.8. The van der Waals surface area contributed by atoms with Gasteiger partial charge in [0.05, 0.1) is 16.9 Å². The summed E-state index contributed by atoms with van der Waals surface area (Å²) in [4.78, 5) is 17.5. The molecule has 3 aliphatic rings. The molecule has 1 aliphatic heterocycles. The molecule has 1 atom stereocenters. The molecule has 7 aromatic carbocycles. The number of aromatic nitrogens is 3. The van der Waals surface area contributed by atoms with Crippen LogP contribution in [0.1, 0.15) is 22.5 Å². The Kier molecular flexibility index (Phi) is 6.45. The fourth-order valence-electron chi connectivity index (χ4n) is 8.93. The Balaban J connectivity index is 1.14. The molecule has 1 spiro atoms. The second-order valence-electron chi connectivity index (χ2n) is 14.3. The van der Waals surface area contributed by atoms with Gasteiger partial charge in [-0.05, 0) is 58.7 Å². The van der Waals surface area contributed by atoms with E-state index >= 15 is 0 Å². The molecule has 0 radical (unpaired) electrons. The van der Waals surface area contributed by atoms with Crippen molar-refractivity contribution in [1.82, 2.24) is 15.0 Å². The lowest BCUT2D eigenvalue weighted by Gasteiger charge is -2.36. The van der Waals surface area contributed by atoms with Crippen molar-refractivity contribution in [2.45, 2.75) is 5.41 Å². The number of ether oxygens (including phenoxy) is 1. The second kappa shape index (κ2) is 11.7. The van der Waals surface area contributed by atoms with Gasteiger partial charge in [0.2, 0.25) is 0 Å². The lowest BCUT2D eigenvalue weighted by atomic mass is 9.76.